The van der Waals surface area contributed by atoms with Crippen molar-refractivity contribution in [2.24, 2.45) is 5.92 Å². The molecule has 0 heterocycles. The smallest absolute Gasteiger partial charge is 0.0418 e. The molecule has 0 N–H and O–H groups in total. The molecule has 66 valence electrons. The van der Waals surface area contributed by atoms with Crippen LogP contribution < -0.4 is 0 Å². The third-order valence-corrected chi connectivity index (χ3v) is 2.42. The van der Waals surface area contributed by atoms with E-state index in [1.54, 1.807) is 0 Å². The monoisotopic (exact) mass is 190 g/mol. The SMILES string of the molecule is Cc1ccc(Cl)cc1C#CC1CC1. The van der Waals surface area contributed by atoms with Gasteiger partial charge in [-0.2, -0.15) is 0 Å². The number of rotatable bonds is 0. The highest BCUT2D eigenvalue weighted by molar-refractivity contribution is 6.30. The molecule has 0 atom stereocenters. The Bertz CT molecular complexity index is 378. The number of hydrogen-bond donors (Lipinski definition) is 0. The average Bonchev–Trinajstić information content (AvgIpc) is 2.90. The van der Waals surface area contributed by atoms with Gasteiger partial charge in [0.05, 0.1) is 0 Å². The van der Waals surface area contributed by atoms with E-state index < -0.39 is 0 Å². The molecule has 1 heteroatoms. The zero-order valence-electron chi connectivity index (χ0n) is 7.60. The maximum atomic E-state index is 5.88. The minimum absolute atomic E-state index is 0.651. The Hall–Kier alpha value is -0.930. The summed E-state index contributed by atoms with van der Waals surface area (Å²) in [5.41, 5.74) is 2.27. The van der Waals surface area contributed by atoms with Crippen LogP contribution in [0, 0.1) is 24.7 Å². The molecular formula is C12H11Cl. The average molecular weight is 191 g/mol. The van der Waals surface area contributed by atoms with Gasteiger partial charge in [-0.15, -0.1) is 0 Å². The standard InChI is InChI=1S/C12H11Cl/c1-9-2-7-12(13)8-11(9)6-5-10-3-4-10/h2,7-8,10H,3-4H2,1H3. The summed E-state index contributed by atoms with van der Waals surface area (Å²) in [6.45, 7) is 2.06. The molecule has 1 saturated carbocycles. The number of benzene rings is 1. The Balaban J connectivity index is 2.28. The lowest BCUT2D eigenvalue weighted by Crippen LogP contribution is -1.81. The quantitative estimate of drug-likeness (QED) is 0.550. The third-order valence-electron chi connectivity index (χ3n) is 2.19. The maximum Gasteiger partial charge on any atom is 0.0418 e. The zero-order valence-corrected chi connectivity index (χ0v) is 8.36. The van der Waals surface area contributed by atoms with Gasteiger partial charge in [0.2, 0.25) is 0 Å². The minimum Gasteiger partial charge on any atom is -0.0945 e. The molecule has 1 aliphatic rings. The zero-order chi connectivity index (χ0) is 9.26. The van der Waals surface area contributed by atoms with Gasteiger partial charge in [-0.1, -0.05) is 29.5 Å². The molecule has 13 heavy (non-hydrogen) atoms. The highest BCUT2D eigenvalue weighted by Crippen LogP contribution is 2.27. The van der Waals surface area contributed by atoms with Crippen LogP contribution >= 0.6 is 11.6 Å². The van der Waals surface area contributed by atoms with E-state index in [2.05, 4.69) is 18.8 Å². The topological polar surface area (TPSA) is 0 Å². The van der Waals surface area contributed by atoms with Gasteiger partial charge in [0, 0.05) is 16.5 Å². The van der Waals surface area contributed by atoms with Crippen LogP contribution in [0.5, 0.6) is 0 Å². The second-order valence-electron chi connectivity index (χ2n) is 3.50. The molecule has 0 aromatic heterocycles. The van der Waals surface area contributed by atoms with Crippen molar-refractivity contribution in [1.29, 1.82) is 0 Å². The van der Waals surface area contributed by atoms with E-state index in [4.69, 9.17) is 11.6 Å². The maximum absolute atomic E-state index is 5.88. The Kier molecular flexibility index (Phi) is 2.29. The summed E-state index contributed by atoms with van der Waals surface area (Å²) in [6, 6.07) is 5.85. The van der Waals surface area contributed by atoms with Crippen LogP contribution in [-0.4, -0.2) is 0 Å². The van der Waals surface area contributed by atoms with Gasteiger partial charge in [0.15, 0.2) is 0 Å². The lowest BCUT2D eigenvalue weighted by atomic mass is 10.1. The summed E-state index contributed by atoms with van der Waals surface area (Å²) >= 11 is 5.88. The summed E-state index contributed by atoms with van der Waals surface area (Å²) in [6.07, 6.45) is 2.54. The molecule has 0 radical (unpaired) electrons. The molecule has 0 bridgehead atoms. The van der Waals surface area contributed by atoms with Crippen LogP contribution in [0.4, 0.5) is 0 Å². The Morgan fingerprint density at radius 2 is 2.15 bits per heavy atom. The van der Waals surface area contributed by atoms with Crippen molar-refractivity contribution < 1.29 is 0 Å². The molecule has 0 unspecified atom stereocenters. The fraction of sp³-hybridized carbons (Fsp3) is 0.333. The molecule has 1 aromatic rings. The number of hydrogen-bond acceptors (Lipinski definition) is 0. The van der Waals surface area contributed by atoms with Gasteiger partial charge in [-0.05, 0) is 37.5 Å². The second kappa shape index (κ2) is 3.44. The molecule has 0 nitrogen and oxygen atoms in total. The third kappa shape index (κ3) is 2.26. The van der Waals surface area contributed by atoms with E-state index in [1.165, 1.54) is 18.4 Å². The highest BCUT2D eigenvalue weighted by atomic mass is 35.5. The van der Waals surface area contributed by atoms with E-state index in [0.717, 1.165) is 10.6 Å². The first kappa shape index (κ1) is 8.66. The van der Waals surface area contributed by atoms with Crippen LogP contribution in [0.1, 0.15) is 24.0 Å². The molecule has 0 amide bonds. The Morgan fingerprint density at radius 1 is 1.38 bits per heavy atom. The van der Waals surface area contributed by atoms with Crippen molar-refractivity contribution in [3.8, 4) is 11.8 Å². The van der Waals surface area contributed by atoms with Gasteiger partial charge in [0.25, 0.3) is 0 Å². The summed E-state index contributed by atoms with van der Waals surface area (Å²) in [7, 11) is 0. The van der Waals surface area contributed by atoms with Crippen molar-refractivity contribution in [2.45, 2.75) is 19.8 Å². The van der Waals surface area contributed by atoms with Crippen LogP contribution in [0.2, 0.25) is 5.02 Å². The predicted molar refractivity (Wildman–Crippen MR) is 55.8 cm³/mol. The summed E-state index contributed by atoms with van der Waals surface area (Å²) in [5.74, 6) is 7.06. The summed E-state index contributed by atoms with van der Waals surface area (Å²) < 4.78 is 0. The highest BCUT2D eigenvalue weighted by Gasteiger charge is 2.17. The van der Waals surface area contributed by atoms with E-state index in [1.807, 2.05) is 18.2 Å². The van der Waals surface area contributed by atoms with E-state index in [-0.39, 0.29) is 0 Å². The first-order valence-electron chi connectivity index (χ1n) is 4.53. The predicted octanol–water partition coefficient (Wildman–Crippen LogP) is 3.41. The van der Waals surface area contributed by atoms with E-state index in [9.17, 15) is 0 Å². The molecule has 1 aliphatic carbocycles. The van der Waals surface area contributed by atoms with Gasteiger partial charge >= 0.3 is 0 Å². The summed E-state index contributed by atoms with van der Waals surface area (Å²) in [5, 5.41) is 0.769. The van der Waals surface area contributed by atoms with Crippen molar-refractivity contribution in [2.75, 3.05) is 0 Å². The lowest BCUT2D eigenvalue weighted by molar-refractivity contribution is 1.18. The van der Waals surface area contributed by atoms with Gasteiger partial charge < -0.3 is 0 Å². The normalized spacial score (nSPS) is 14.9. The van der Waals surface area contributed by atoms with Gasteiger partial charge in [-0.25, -0.2) is 0 Å². The van der Waals surface area contributed by atoms with Crippen molar-refractivity contribution >= 4 is 11.6 Å². The van der Waals surface area contributed by atoms with Crippen LogP contribution in [-0.2, 0) is 0 Å². The molecule has 0 spiro atoms. The van der Waals surface area contributed by atoms with Gasteiger partial charge in [0.1, 0.15) is 0 Å². The number of aryl methyl sites for hydroxylation is 1. The molecule has 1 fully saturated rings. The van der Waals surface area contributed by atoms with E-state index in [0.29, 0.717) is 5.92 Å². The molecule has 0 saturated heterocycles. The van der Waals surface area contributed by atoms with E-state index >= 15 is 0 Å². The second-order valence-corrected chi connectivity index (χ2v) is 3.94. The Morgan fingerprint density at radius 3 is 2.85 bits per heavy atom. The molecule has 1 aromatic carbocycles. The largest absolute Gasteiger partial charge is 0.0945 e. The summed E-state index contributed by atoms with van der Waals surface area (Å²) in [4.78, 5) is 0. The fourth-order valence-electron chi connectivity index (χ4n) is 1.14. The van der Waals surface area contributed by atoms with Gasteiger partial charge in [-0.3, -0.25) is 0 Å². The first-order chi connectivity index (χ1) is 6.25. The lowest BCUT2D eigenvalue weighted by Gasteiger charge is -1.97. The Labute approximate surface area is 83.9 Å². The minimum atomic E-state index is 0.651. The first-order valence-corrected chi connectivity index (χ1v) is 4.91. The van der Waals surface area contributed by atoms with Crippen LogP contribution in [0.25, 0.3) is 0 Å². The number of halogens is 1. The van der Waals surface area contributed by atoms with Crippen molar-refractivity contribution in [3.05, 3.63) is 34.3 Å². The van der Waals surface area contributed by atoms with Crippen molar-refractivity contribution in [3.63, 3.8) is 0 Å². The molecule has 2 rings (SSSR count). The van der Waals surface area contributed by atoms with Crippen molar-refractivity contribution in [1.82, 2.24) is 0 Å². The fourth-order valence-corrected chi connectivity index (χ4v) is 1.31. The van der Waals surface area contributed by atoms with Crippen LogP contribution in [0.15, 0.2) is 18.2 Å². The molecular weight excluding hydrogens is 180 g/mol. The molecule has 0 aliphatic heterocycles. The van der Waals surface area contributed by atoms with Crippen LogP contribution in [0.3, 0.4) is 0 Å².